The Morgan fingerprint density at radius 2 is 0.894 bits per heavy atom. The van der Waals surface area contributed by atoms with Crippen molar-refractivity contribution < 1.29 is 25.8 Å². The fourth-order valence-corrected chi connectivity index (χ4v) is 7.02. The molecule has 0 atom stereocenters. The van der Waals surface area contributed by atoms with Gasteiger partial charge in [-0.05, 0) is 69.9 Å². The van der Waals surface area contributed by atoms with Crippen LogP contribution in [-0.2, 0) is 42.1 Å². The van der Waals surface area contributed by atoms with Gasteiger partial charge in [-0.3, -0.25) is 0 Å². The van der Waals surface area contributed by atoms with Gasteiger partial charge in [-0.25, -0.2) is 0 Å². The fourth-order valence-electron chi connectivity index (χ4n) is 7.02. The SMILES string of the molecule is CCC(C)(c1cc2c(-c3ccc(C(C)(C)C)cc3C)cccc2[cH-]1)c1cc2c(-c3ccc(C(C)(C)C)cc3C)cccc2[cH-]1.[CH3-].[CH3-].[Hf+4]. The van der Waals surface area contributed by atoms with Crippen molar-refractivity contribution in [2.75, 3.05) is 0 Å². The maximum Gasteiger partial charge on any atom is 4.00 e. The van der Waals surface area contributed by atoms with Gasteiger partial charge in [0, 0.05) is 0 Å². The van der Waals surface area contributed by atoms with E-state index in [0.717, 1.165) is 6.42 Å². The van der Waals surface area contributed by atoms with Gasteiger partial charge in [0.15, 0.2) is 0 Å². The Morgan fingerprint density at radius 3 is 1.21 bits per heavy atom. The minimum Gasteiger partial charge on any atom is -0.358 e. The van der Waals surface area contributed by atoms with E-state index in [1.807, 2.05) is 0 Å². The maximum absolute atomic E-state index is 2.47. The molecule has 0 spiro atoms. The van der Waals surface area contributed by atoms with Crippen molar-refractivity contribution in [3.8, 4) is 22.3 Å². The summed E-state index contributed by atoms with van der Waals surface area (Å²) in [6, 6.07) is 37.4. The molecule has 0 fully saturated rings. The molecule has 0 aliphatic carbocycles. The molecule has 0 aliphatic rings. The van der Waals surface area contributed by atoms with Gasteiger partial charge in [0.2, 0.25) is 0 Å². The summed E-state index contributed by atoms with van der Waals surface area (Å²) in [5.74, 6) is 0. The average molecular weight is 785 g/mol. The molecule has 242 valence electrons. The van der Waals surface area contributed by atoms with Crippen molar-refractivity contribution in [3.63, 3.8) is 0 Å². The Kier molecular flexibility index (Phi) is 11.3. The third-order valence-corrected chi connectivity index (χ3v) is 10.2. The average Bonchev–Trinajstić information content (AvgIpc) is 3.61. The molecule has 6 aromatic rings. The minimum atomic E-state index is -0.0944. The van der Waals surface area contributed by atoms with Crippen LogP contribution in [0.5, 0.6) is 0 Å². The van der Waals surface area contributed by atoms with Crippen LogP contribution >= 0.6 is 0 Å². The number of hydrogen-bond donors (Lipinski definition) is 0. The number of hydrogen-bond acceptors (Lipinski definition) is 0. The Bertz CT molecular complexity index is 1850. The van der Waals surface area contributed by atoms with E-state index in [1.54, 1.807) is 0 Å². The molecule has 0 unspecified atom stereocenters. The van der Waals surface area contributed by atoms with Crippen molar-refractivity contribution in [1.29, 1.82) is 0 Å². The number of benzene rings is 4. The zero-order chi connectivity index (χ0) is 31.6. The monoisotopic (exact) mass is 786 g/mol. The predicted molar refractivity (Wildman–Crippen MR) is 206 cm³/mol. The summed E-state index contributed by atoms with van der Waals surface area (Å²) in [6.07, 6.45) is 1.03. The van der Waals surface area contributed by atoms with Gasteiger partial charge in [-0.15, -0.1) is 69.1 Å². The zero-order valence-electron chi connectivity index (χ0n) is 30.9. The third-order valence-electron chi connectivity index (χ3n) is 10.2. The fraction of sp³-hybridized carbons (Fsp3) is 0.304. The Labute approximate surface area is 305 Å². The van der Waals surface area contributed by atoms with E-state index in [9.17, 15) is 0 Å². The molecule has 0 aromatic heterocycles. The van der Waals surface area contributed by atoms with Crippen LogP contribution in [0.3, 0.4) is 0 Å². The molecule has 6 rings (SSSR count). The van der Waals surface area contributed by atoms with Crippen molar-refractivity contribution >= 4 is 21.5 Å². The normalized spacial score (nSPS) is 12.0. The Balaban J connectivity index is 0.00000200. The predicted octanol–water partition coefficient (Wildman–Crippen LogP) is 13.6. The second-order valence-corrected chi connectivity index (χ2v) is 15.4. The van der Waals surface area contributed by atoms with Gasteiger partial charge in [0.05, 0.1) is 0 Å². The topological polar surface area (TPSA) is 0 Å². The molecule has 0 bridgehead atoms. The molecule has 1 heteroatoms. The van der Waals surface area contributed by atoms with E-state index in [2.05, 4.69) is 166 Å². The van der Waals surface area contributed by atoms with E-state index >= 15 is 0 Å². The van der Waals surface area contributed by atoms with Gasteiger partial charge in [0.1, 0.15) is 0 Å². The van der Waals surface area contributed by atoms with Crippen LogP contribution in [0, 0.1) is 28.7 Å². The second-order valence-electron chi connectivity index (χ2n) is 15.4. The van der Waals surface area contributed by atoms with Crippen molar-refractivity contribution in [3.05, 3.63) is 145 Å². The summed E-state index contributed by atoms with van der Waals surface area (Å²) in [6.45, 7) is 23.0. The van der Waals surface area contributed by atoms with Crippen molar-refractivity contribution in [1.82, 2.24) is 0 Å². The first-order valence-electron chi connectivity index (χ1n) is 16.3. The number of rotatable bonds is 5. The minimum absolute atomic E-state index is 0. The van der Waals surface area contributed by atoms with Gasteiger partial charge < -0.3 is 14.9 Å². The number of aryl methyl sites for hydroxylation is 2. The van der Waals surface area contributed by atoms with Gasteiger partial charge in [-0.1, -0.05) is 115 Å². The molecular formula is C46H54Hf. The zero-order valence-corrected chi connectivity index (χ0v) is 34.5. The van der Waals surface area contributed by atoms with Crippen LogP contribution in [0.4, 0.5) is 0 Å². The first kappa shape index (κ1) is 38.4. The molecule has 0 radical (unpaired) electrons. The maximum atomic E-state index is 2.47. The van der Waals surface area contributed by atoms with E-state index in [-0.39, 0.29) is 56.9 Å². The summed E-state index contributed by atoms with van der Waals surface area (Å²) in [7, 11) is 0. The molecule has 0 amide bonds. The Morgan fingerprint density at radius 1 is 0.511 bits per heavy atom. The van der Waals surface area contributed by atoms with E-state index in [0.29, 0.717) is 0 Å². The summed E-state index contributed by atoms with van der Waals surface area (Å²) < 4.78 is 0. The molecule has 47 heavy (non-hydrogen) atoms. The third kappa shape index (κ3) is 6.94. The van der Waals surface area contributed by atoms with Crippen LogP contribution in [0.15, 0.2) is 97.1 Å². The molecule has 6 aromatic carbocycles. The van der Waals surface area contributed by atoms with E-state index < -0.39 is 0 Å². The van der Waals surface area contributed by atoms with Crippen LogP contribution < -0.4 is 0 Å². The first-order chi connectivity index (χ1) is 20.7. The summed E-state index contributed by atoms with van der Waals surface area (Å²) in [5.41, 5.74) is 13.7. The van der Waals surface area contributed by atoms with Crippen LogP contribution in [0.25, 0.3) is 43.8 Å². The first-order valence-corrected chi connectivity index (χ1v) is 16.3. The summed E-state index contributed by atoms with van der Waals surface area (Å²) in [5, 5.41) is 5.34. The van der Waals surface area contributed by atoms with Gasteiger partial charge in [0.25, 0.3) is 0 Å². The van der Waals surface area contributed by atoms with Crippen molar-refractivity contribution in [2.24, 2.45) is 0 Å². The van der Waals surface area contributed by atoms with Crippen molar-refractivity contribution in [2.45, 2.75) is 91.9 Å². The van der Waals surface area contributed by atoms with Crippen LogP contribution in [0.2, 0.25) is 0 Å². The Hall–Kier alpha value is -3.03. The smallest absolute Gasteiger partial charge is 0.358 e. The van der Waals surface area contributed by atoms with Crippen LogP contribution in [0.1, 0.15) is 95.2 Å². The molecule has 0 nitrogen and oxygen atoms in total. The standard InChI is InChI=1S/C44H48.2CH3.Hf/c1-11-44(10,34-24-30-14-12-16-38(40(30)26-34)36-20-18-32(22-28(36)2)42(4,5)6)35-25-31-15-13-17-39(41(31)27-35)37-21-19-33(23-29(37)3)43(7,8)9;;;/h12-27H,11H2,1-10H3;2*1H3;/q-2;2*-1;+4. The number of fused-ring (bicyclic) bond motifs is 2. The second kappa shape index (κ2) is 13.8. The molecule has 0 saturated heterocycles. The summed E-state index contributed by atoms with van der Waals surface area (Å²) >= 11 is 0. The van der Waals surface area contributed by atoms with Gasteiger partial charge in [-0.2, -0.15) is 12.1 Å². The largest absolute Gasteiger partial charge is 4.00 e. The quantitative estimate of drug-likeness (QED) is 0.121. The van der Waals surface area contributed by atoms with E-state index in [4.69, 9.17) is 0 Å². The van der Waals surface area contributed by atoms with E-state index in [1.165, 1.54) is 77.2 Å². The molecule has 0 N–H and O–H groups in total. The molecule has 0 aliphatic heterocycles. The molecule has 0 saturated carbocycles. The summed E-state index contributed by atoms with van der Waals surface area (Å²) in [4.78, 5) is 0. The van der Waals surface area contributed by atoms with Gasteiger partial charge >= 0.3 is 25.8 Å². The van der Waals surface area contributed by atoms with Crippen LogP contribution in [-0.4, -0.2) is 0 Å². The molecular weight excluding hydrogens is 731 g/mol. The molecule has 0 heterocycles.